The van der Waals surface area contributed by atoms with Crippen LogP contribution >= 0.6 is 0 Å². The fourth-order valence-electron chi connectivity index (χ4n) is 3.38. The van der Waals surface area contributed by atoms with Gasteiger partial charge in [0.1, 0.15) is 6.33 Å². The van der Waals surface area contributed by atoms with E-state index in [9.17, 15) is 4.79 Å². The van der Waals surface area contributed by atoms with Crippen molar-refractivity contribution in [2.24, 2.45) is 0 Å². The van der Waals surface area contributed by atoms with Gasteiger partial charge >= 0.3 is 0 Å². The molecule has 0 saturated carbocycles. The largest absolute Gasteiger partial charge is 0.326 e. The van der Waals surface area contributed by atoms with Crippen LogP contribution < -0.4 is 5.32 Å². The summed E-state index contributed by atoms with van der Waals surface area (Å²) in [6.07, 6.45) is 24.3. The molecule has 1 heterocycles. The molecule has 0 fully saturated rings. The highest BCUT2D eigenvalue weighted by atomic mass is 16.1. The lowest BCUT2D eigenvalue weighted by Crippen LogP contribution is -2.10. The van der Waals surface area contributed by atoms with E-state index < -0.39 is 0 Å². The fourth-order valence-corrected chi connectivity index (χ4v) is 3.38. The number of carbonyl (C=O) groups is 1. The van der Waals surface area contributed by atoms with Crippen molar-refractivity contribution in [3.8, 4) is 11.4 Å². The monoisotopic (exact) mass is 422 g/mol. The van der Waals surface area contributed by atoms with Crippen molar-refractivity contribution >= 4 is 11.6 Å². The van der Waals surface area contributed by atoms with Gasteiger partial charge in [-0.1, -0.05) is 63.3 Å². The van der Waals surface area contributed by atoms with Crippen LogP contribution in [0.4, 0.5) is 5.69 Å². The summed E-state index contributed by atoms with van der Waals surface area (Å²) in [5.41, 5.74) is 1.76. The molecule has 0 atom stereocenters. The van der Waals surface area contributed by atoms with E-state index in [1.54, 1.807) is 0 Å². The maximum Gasteiger partial charge on any atom is 0.224 e. The molecule has 2 rings (SSSR count). The number of hydrogen-bond acceptors (Lipinski definition) is 3. The number of anilines is 1. The number of aromatic nitrogens is 3. The van der Waals surface area contributed by atoms with Crippen LogP contribution in [-0.2, 0) is 4.79 Å². The molecule has 0 saturated heterocycles. The molecule has 1 aromatic heterocycles. The zero-order valence-electron chi connectivity index (χ0n) is 19.0. The molecule has 0 aliphatic rings. The maximum absolute atomic E-state index is 12.1. The lowest BCUT2D eigenvalue weighted by atomic mass is 10.1. The Morgan fingerprint density at radius 3 is 2.26 bits per heavy atom. The molecule has 5 nitrogen and oxygen atoms in total. The molecular weight excluding hydrogens is 384 g/mol. The highest BCUT2D eigenvalue weighted by molar-refractivity contribution is 5.90. The topological polar surface area (TPSA) is 70.7 Å². The SMILES string of the molecule is CCCCC/C=C\C/C=C\CCCCCCCC(=O)Nc1ccc(-c2ncn[nH]2)cc1. The Balaban J connectivity index is 1.44. The second-order valence-corrected chi connectivity index (χ2v) is 7.94. The van der Waals surface area contributed by atoms with E-state index in [2.05, 4.69) is 51.7 Å². The Morgan fingerprint density at radius 1 is 0.903 bits per heavy atom. The molecule has 0 unspecified atom stereocenters. The molecular formula is C26H38N4O. The summed E-state index contributed by atoms with van der Waals surface area (Å²) in [5.74, 6) is 0.807. The zero-order chi connectivity index (χ0) is 22.0. The van der Waals surface area contributed by atoms with Gasteiger partial charge in [-0.05, 0) is 62.8 Å². The van der Waals surface area contributed by atoms with Crippen LogP contribution in [0.15, 0.2) is 54.9 Å². The molecule has 5 heteroatoms. The minimum atomic E-state index is 0.0816. The zero-order valence-corrected chi connectivity index (χ0v) is 19.0. The van der Waals surface area contributed by atoms with Crippen LogP contribution in [0.1, 0.15) is 84.0 Å². The molecule has 0 aliphatic heterocycles. The number of allylic oxidation sites excluding steroid dienone is 4. The maximum atomic E-state index is 12.1. The minimum Gasteiger partial charge on any atom is -0.326 e. The number of nitrogens with one attached hydrogen (secondary N) is 2. The van der Waals surface area contributed by atoms with E-state index in [1.165, 1.54) is 51.3 Å². The number of unbranched alkanes of at least 4 members (excludes halogenated alkanes) is 8. The Morgan fingerprint density at radius 2 is 1.58 bits per heavy atom. The number of amides is 1. The first kappa shape index (κ1) is 24.6. The number of H-pyrrole nitrogens is 1. The Labute approximate surface area is 187 Å². The second kappa shape index (κ2) is 16.1. The second-order valence-electron chi connectivity index (χ2n) is 7.94. The van der Waals surface area contributed by atoms with Gasteiger partial charge in [0.2, 0.25) is 5.91 Å². The third kappa shape index (κ3) is 11.3. The first-order chi connectivity index (χ1) is 15.3. The Bertz CT molecular complexity index is 763. The quantitative estimate of drug-likeness (QED) is 0.221. The minimum absolute atomic E-state index is 0.0816. The first-order valence-corrected chi connectivity index (χ1v) is 11.8. The number of rotatable bonds is 16. The lowest BCUT2D eigenvalue weighted by molar-refractivity contribution is -0.116. The average molecular weight is 423 g/mol. The summed E-state index contributed by atoms with van der Waals surface area (Å²) >= 11 is 0. The van der Waals surface area contributed by atoms with Gasteiger partial charge in [0.05, 0.1) is 0 Å². The Hall–Kier alpha value is -2.69. The highest BCUT2D eigenvalue weighted by Gasteiger charge is 2.04. The molecule has 2 aromatic rings. The van der Waals surface area contributed by atoms with Gasteiger partial charge in [0.15, 0.2) is 5.82 Å². The van der Waals surface area contributed by atoms with Gasteiger partial charge in [-0.3, -0.25) is 9.89 Å². The molecule has 168 valence electrons. The van der Waals surface area contributed by atoms with Crippen molar-refractivity contribution < 1.29 is 4.79 Å². The summed E-state index contributed by atoms with van der Waals surface area (Å²) in [5, 5.41) is 9.64. The summed E-state index contributed by atoms with van der Waals surface area (Å²) < 4.78 is 0. The number of carbonyl (C=O) groups excluding carboxylic acids is 1. The summed E-state index contributed by atoms with van der Waals surface area (Å²) in [6.45, 7) is 2.24. The smallest absolute Gasteiger partial charge is 0.224 e. The van der Waals surface area contributed by atoms with E-state index >= 15 is 0 Å². The van der Waals surface area contributed by atoms with E-state index in [0.29, 0.717) is 6.42 Å². The molecule has 0 bridgehead atoms. The molecule has 31 heavy (non-hydrogen) atoms. The van der Waals surface area contributed by atoms with Crippen molar-refractivity contribution in [2.75, 3.05) is 5.32 Å². The van der Waals surface area contributed by atoms with Gasteiger partial charge in [-0.15, -0.1) is 0 Å². The molecule has 0 spiro atoms. The third-order valence-electron chi connectivity index (χ3n) is 5.21. The van der Waals surface area contributed by atoms with E-state index in [0.717, 1.165) is 42.8 Å². The normalized spacial score (nSPS) is 11.5. The molecule has 1 aromatic carbocycles. The Kier molecular flexibility index (Phi) is 12.7. The van der Waals surface area contributed by atoms with Crippen LogP contribution in [0.3, 0.4) is 0 Å². The number of nitrogens with zero attached hydrogens (tertiary/aromatic N) is 2. The number of benzene rings is 1. The number of hydrogen-bond donors (Lipinski definition) is 2. The van der Waals surface area contributed by atoms with Gasteiger partial charge in [-0.2, -0.15) is 5.10 Å². The van der Waals surface area contributed by atoms with Gasteiger partial charge in [0, 0.05) is 17.7 Å². The average Bonchev–Trinajstić information content (AvgIpc) is 3.32. The van der Waals surface area contributed by atoms with Crippen LogP contribution in [0.5, 0.6) is 0 Å². The van der Waals surface area contributed by atoms with Gasteiger partial charge < -0.3 is 5.32 Å². The third-order valence-corrected chi connectivity index (χ3v) is 5.21. The molecule has 2 N–H and O–H groups in total. The summed E-state index contributed by atoms with van der Waals surface area (Å²) in [4.78, 5) is 16.2. The van der Waals surface area contributed by atoms with E-state index in [4.69, 9.17) is 0 Å². The summed E-state index contributed by atoms with van der Waals surface area (Å²) in [7, 11) is 0. The van der Waals surface area contributed by atoms with Crippen LogP contribution in [0, 0.1) is 0 Å². The van der Waals surface area contributed by atoms with E-state index in [1.807, 2.05) is 24.3 Å². The van der Waals surface area contributed by atoms with Crippen molar-refractivity contribution in [3.63, 3.8) is 0 Å². The lowest BCUT2D eigenvalue weighted by Gasteiger charge is -2.06. The van der Waals surface area contributed by atoms with Crippen molar-refractivity contribution in [1.29, 1.82) is 0 Å². The fraction of sp³-hybridized carbons (Fsp3) is 0.500. The predicted octanol–water partition coefficient (Wildman–Crippen LogP) is 7.22. The van der Waals surface area contributed by atoms with Crippen LogP contribution in [-0.4, -0.2) is 21.1 Å². The predicted molar refractivity (Wildman–Crippen MR) is 130 cm³/mol. The molecule has 0 aliphatic carbocycles. The van der Waals surface area contributed by atoms with Gasteiger partial charge in [-0.25, -0.2) is 4.98 Å². The summed E-state index contributed by atoms with van der Waals surface area (Å²) in [6, 6.07) is 7.64. The molecule has 0 radical (unpaired) electrons. The van der Waals surface area contributed by atoms with E-state index in [-0.39, 0.29) is 5.91 Å². The standard InChI is InChI=1S/C26H38N4O/c1-2-3-4-5-6-7-8-9-10-11-12-13-14-15-16-17-25(31)29-24-20-18-23(19-21-24)26-27-22-28-30-26/h6-7,9-10,18-22H,2-5,8,11-17H2,1H3,(H,29,31)(H,27,28,30)/b7-6-,10-9-. The highest BCUT2D eigenvalue weighted by Crippen LogP contribution is 2.17. The number of aromatic amines is 1. The van der Waals surface area contributed by atoms with Crippen molar-refractivity contribution in [3.05, 3.63) is 54.9 Å². The first-order valence-electron chi connectivity index (χ1n) is 11.8. The van der Waals surface area contributed by atoms with Crippen LogP contribution in [0.25, 0.3) is 11.4 Å². The molecule has 1 amide bonds. The van der Waals surface area contributed by atoms with Gasteiger partial charge in [0.25, 0.3) is 0 Å². The van der Waals surface area contributed by atoms with Crippen molar-refractivity contribution in [2.45, 2.75) is 84.0 Å². The van der Waals surface area contributed by atoms with Crippen LogP contribution in [0.2, 0.25) is 0 Å². The van der Waals surface area contributed by atoms with Crippen molar-refractivity contribution in [1.82, 2.24) is 15.2 Å².